The van der Waals surface area contributed by atoms with Crippen LogP contribution in [0.4, 0.5) is 0 Å². The van der Waals surface area contributed by atoms with Gasteiger partial charge in [-0.3, -0.25) is 0 Å². The van der Waals surface area contributed by atoms with Crippen LogP contribution < -0.4 is 0 Å². The zero-order chi connectivity index (χ0) is 29.0. The summed E-state index contributed by atoms with van der Waals surface area (Å²) in [5, 5.41) is 4.56. The molecule has 9 aromatic rings. The fraction of sp³-hybridized carbons (Fsp3) is 0. The van der Waals surface area contributed by atoms with E-state index in [9.17, 15) is 0 Å². The Kier molecular flexibility index (Phi) is 5.43. The van der Waals surface area contributed by atoms with Crippen molar-refractivity contribution in [3.63, 3.8) is 0 Å². The fourth-order valence-corrected chi connectivity index (χ4v) is 6.20. The highest BCUT2D eigenvalue weighted by Gasteiger charge is 2.16. The first-order chi connectivity index (χ1) is 21.8. The van der Waals surface area contributed by atoms with Gasteiger partial charge in [0.1, 0.15) is 11.2 Å². The quantitative estimate of drug-likeness (QED) is 0.213. The molecule has 5 heteroatoms. The van der Waals surface area contributed by atoms with Gasteiger partial charge in [-0.25, -0.2) is 15.0 Å². The summed E-state index contributed by atoms with van der Waals surface area (Å²) >= 11 is 0. The molecule has 0 aliphatic carbocycles. The normalized spacial score (nSPS) is 11.6. The number of benzene rings is 6. The predicted molar refractivity (Wildman–Crippen MR) is 178 cm³/mol. The lowest BCUT2D eigenvalue weighted by Gasteiger charge is -2.11. The molecule has 0 unspecified atom stereocenters. The third-order valence-corrected chi connectivity index (χ3v) is 8.24. The lowest BCUT2D eigenvalue weighted by molar-refractivity contribution is 0.669. The summed E-state index contributed by atoms with van der Waals surface area (Å²) in [6.45, 7) is 0. The first-order valence-corrected chi connectivity index (χ1v) is 14.6. The molecule has 0 aliphatic rings. The highest BCUT2D eigenvalue weighted by atomic mass is 16.3. The lowest BCUT2D eigenvalue weighted by atomic mass is 10.1. The Morgan fingerprint density at radius 1 is 0.386 bits per heavy atom. The monoisotopic (exact) mass is 564 g/mol. The standard InChI is InChI=1S/C39H24N4O/c1-2-11-25(12-3-1)37-40-38(42-39(41-37)27-21-22-36-32(24-27)31-17-6-9-20-35(31)44-36)26-13-10-14-28(23-26)43-33-18-7-4-15-29(33)30-16-5-8-19-34(30)43/h1-24H. The molecule has 0 bridgehead atoms. The minimum atomic E-state index is 0.614. The Morgan fingerprint density at radius 2 is 0.932 bits per heavy atom. The van der Waals surface area contributed by atoms with Crippen LogP contribution >= 0.6 is 0 Å². The van der Waals surface area contributed by atoms with E-state index in [1.165, 1.54) is 10.8 Å². The Hall–Kier alpha value is -6.07. The van der Waals surface area contributed by atoms with Crippen LogP contribution in [0.1, 0.15) is 0 Å². The molecule has 0 atom stereocenters. The van der Waals surface area contributed by atoms with Crippen molar-refractivity contribution in [1.29, 1.82) is 0 Å². The molecule has 0 aliphatic heterocycles. The molecule has 0 saturated carbocycles. The van der Waals surface area contributed by atoms with Crippen LogP contribution in [-0.2, 0) is 0 Å². The summed E-state index contributed by atoms with van der Waals surface area (Å²) in [6.07, 6.45) is 0. The second-order valence-corrected chi connectivity index (χ2v) is 10.9. The summed E-state index contributed by atoms with van der Waals surface area (Å²) in [5.74, 6) is 1.86. The Morgan fingerprint density at radius 3 is 1.66 bits per heavy atom. The second kappa shape index (κ2) is 9.75. The van der Waals surface area contributed by atoms with Gasteiger partial charge in [-0.05, 0) is 48.5 Å². The molecule has 44 heavy (non-hydrogen) atoms. The van der Waals surface area contributed by atoms with Gasteiger partial charge in [-0.15, -0.1) is 0 Å². The molecule has 0 radical (unpaired) electrons. The molecule has 3 aromatic heterocycles. The van der Waals surface area contributed by atoms with E-state index < -0.39 is 0 Å². The molecule has 206 valence electrons. The van der Waals surface area contributed by atoms with Gasteiger partial charge >= 0.3 is 0 Å². The van der Waals surface area contributed by atoms with Crippen molar-refractivity contribution in [1.82, 2.24) is 19.5 Å². The minimum Gasteiger partial charge on any atom is -0.456 e. The maximum atomic E-state index is 6.08. The SMILES string of the molecule is c1ccc(-c2nc(-c3cccc(-n4c5ccccc5c5ccccc54)c3)nc(-c3ccc4oc5ccccc5c4c3)n2)cc1. The molecule has 5 nitrogen and oxygen atoms in total. The topological polar surface area (TPSA) is 56.7 Å². The summed E-state index contributed by atoms with van der Waals surface area (Å²) in [4.78, 5) is 15.0. The molecule has 3 heterocycles. The van der Waals surface area contributed by atoms with Crippen molar-refractivity contribution >= 4 is 43.7 Å². The van der Waals surface area contributed by atoms with Gasteiger partial charge in [0.15, 0.2) is 17.5 Å². The minimum absolute atomic E-state index is 0.614. The number of hydrogen-bond donors (Lipinski definition) is 0. The van der Waals surface area contributed by atoms with Gasteiger partial charge in [-0.1, -0.05) is 97.1 Å². The number of para-hydroxylation sites is 3. The van der Waals surface area contributed by atoms with Crippen molar-refractivity contribution in [2.75, 3.05) is 0 Å². The van der Waals surface area contributed by atoms with E-state index >= 15 is 0 Å². The van der Waals surface area contributed by atoms with Crippen molar-refractivity contribution in [2.45, 2.75) is 0 Å². The maximum absolute atomic E-state index is 6.08. The van der Waals surface area contributed by atoms with Gasteiger partial charge in [0, 0.05) is 43.9 Å². The van der Waals surface area contributed by atoms with Crippen molar-refractivity contribution in [3.8, 4) is 39.9 Å². The van der Waals surface area contributed by atoms with Crippen LogP contribution in [0.2, 0.25) is 0 Å². The largest absolute Gasteiger partial charge is 0.456 e. The maximum Gasteiger partial charge on any atom is 0.164 e. The van der Waals surface area contributed by atoms with E-state index in [0.29, 0.717) is 17.5 Å². The summed E-state index contributed by atoms with van der Waals surface area (Å²) in [7, 11) is 0. The van der Waals surface area contributed by atoms with Gasteiger partial charge in [0.05, 0.1) is 11.0 Å². The Bertz CT molecular complexity index is 2460. The first-order valence-electron chi connectivity index (χ1n) is 14.6. The van der Waals surface area contributed by atoms with Gasteiger partial charge < -0.3 is 8.98 Å². The number of nitrogens with zero attached hydrogens (tertiary/aromatic N) is 4. The van der Waals surface area contributed by atoms with Crippen LogP contribution in [-0.4, -0.2) is 19.5 Å². The molecule has 9 rings (SSSR count). The highest BCUT2D eigenvalue weighted by Crippen LogP contribution is 2.35. The summed E-state index contributed by atoms with van der Waals surface area (Å²) in [5.41, 5.74) is 7.83. The Balaban J connectivity index is 1.24. The second-order valence-electron chi connectivity index (χ2n) is 10.9. The van der Waals surface area contributed by atoms with Gasteiger partial charge in [0.2, 0.25) is 0 Å². The summed E-state index contributed by atoms with van der Waals surface area (Å²) in [6, 6.07) is 49.8. The molecular formula is C39H24N4O. The zero-order valence-corrected chi connectivity index (χ0v) is 23.6. The highest BCUT2D eigenvalue weighted by molar-refractivity contribution is 6.09. The molecule has 6 aromatic carbocycles. The van der Waals surface area contributed by atoms with Crippen LogP contribution in [0.25, 0.3) is 83.6 Å². The van der Waals surface area contributed by atoms with Crippen LogP contribution in [0.3, 0.4) is 0 Å². The van der Waals surface area contributed by atoms with Crippen LogP contribution in [0.15, 0.2) is 150 Å². The Labute approximate surface area is 252 Å². The third-order valence-electron chi connectivity index (χ3n) is 8.24. The number of hydrogen-bond acceptors (Lipinski definition) is 4. The van der Waals surface area contributed by atoms with E-state index in [1.807, 2.05) is 60.7 Å². The van der Waals surface area contributed by atoms with E-state index in [0.717, 1.165) is 55.3 Å². The number of rotatable bonds is 4. The lowest BCUT2D eigenvalue weighted by Crippen LogP contribution is -2.01. The summed E-state index contributed by atoms with van der Waals surface area (Å²) < 4.78 is 8.40. The zero-order valence-electron chi connectivity index (χ0n) is 23.6. The van der Waals surface area contributed by atoms with E-state index in [4.69, 9.17) is 19.4 Å². The number of aromatic nitrogens is 4. The average Bonchev–Trinajstić information content (AvgIpc) is 3.64. The van der Waals surface area contributed by atoms with Gasteiger partial charge in [0.25, 0.3) is 0 Å². The molecule has 0 spiro atoms. The fourth-order valence-electron chi connectivity index (χ4n) is 6.20. The predicted octanol–water partition coefficient (Wildman–Crippen LogP) is 9.87. The third kappa shape index (κ3) is 3.91. The smallest absolute Gasteiger partial charge is 0.164 e. The average molecular weight is 565 g/mol. The van der Waals surface area contributed by atoms with Crippen molar-refractivity contribution < 1.29 is 4.42 Å². The molecule has 0 saturated heterocycles. The number of furan rings is 1. The first kappa shape index (κ1) is 24.5. The van der Waals surface area contributed by atoms with E-state index in [2.05, 4.69) is 89.5 Å². The van der Waals surface area contributed by atoms with E-state index in [-0.39, 0.29) is 0 Å². The van der Waals surface area contributed by atoms with Crippen LogP contribution in [0.5, 0.6) is 0 Å². The molecule has 0 amide bonds. The van der Waals surface area contributed by atoms with Crippen molar-refractivity contribution in [3.05, 3.63) is 146 Å². The molecular weight excluding hydrogens is 540 g/mol. The van der Waals surface area contributed by atoms with E-state index in [1.54, 1.807) is 0 Å². The van der Waals surface area contributed by atoms with Crippen LogP contribution in [0, 0.1) is 0 Å². The number of fused-ring (bicyclic) bond motifs is 6. The molecule has 0 N–H and O–H groups in total. The van der Waals surface area contributed by atoms with Crippen molar-refractivity contribution in [2.24, 2.45) is 0 Å². The molecule has 0 fully saturated rings. The van der Waals surface area contributed by atoms with Gasteiger partial charge in [-0.2, -0.15) is 0 Å².